The third kappa shape index (κ3) is 2.58. The number of piperidine rings is 1. The molecule has 7 rings (SSSR count). The van der Waals surface area contributed by atoms with Gasteiger partial charge < -0.3 is 4.57 Å². The van der Waals surface area contributed by atoms with E-state index in [0.29, 0.717) is 5.92 Å². The van der Waals surface area contributed by atoms with Crippen LogP contribution >= 0.6 is 0 Å². The Morgan fingerprint density at radius 2 is 1.62 bits per heavy atom. The number of benzene rings is 2. The van der Waals surface area contributed by atoms with Crippen molar-refractivity contribution in [1.29, 1.82) is 0 Å². The molecular weight excluding hydrogens is 360 g/mol. The van der Waals surface area contributed by atoms with Gasteiger partial charge in [0.25, 0.3) is 5.56 Å². The summed E-state index contributed by atoms with van der Waals surface area (Å²) in [6.45, 7) is 3.42. The van der Waals surface area contributed by atoms with E-state index in [4.69, 9.17) is 0 Å². The standard InChI is InChI=1S/C24H22N4O/c29-23-6-3-13-25-28(23)19-9-7-18(8-10-19)27-22-5-2-1-4-20(22)21-16-26-14-11-17(12-15-26)24(21)27/h1-10,13,17H,11-12,14-16H2. The summed E-state index contributed by atoms with van der Waals surface area (Å²) in [6.07, 6.45) is 4.09. The van der Waals surface area contributed by atoms with Crippen molar-refractivity contribution in [3.63, 3.8) is 0 Å². The zero-order valence-electron chi connectivity index (χ0n) is 16.2. The quantitative estimate of drug-likeness (QED) is 0.529. The molecule has 144 valence electrons. The van der Waals surface area contributed by atoms with Gasteiger partial charge in [-0.15, -0.1) is 0 Å². The molecule has 29 heavy (non-hydrogen) atoms. The largest absolute Gasteiger partial charge is 0.313 e. The van der Waals surface area contributed by atoms with Crippen molar-refractivity contribution >= 4 is 10.9 Å². The first-order valence-corrected chi connectivity index (χ1v) is 10.3. The van der Waals surface area contributed by atoms with Gasteiger partial charge in [0.05, 0.1) is 11.2 Å². The van der Waals surface area contributed by atoms with Crippen molar-refractivity contribution in [3.05, 3.63) is 88.5 Å². The van der Waals surface area contributed by atoms with Crippen molar-refractivity contribution in [2.45, 2.75) is 25.3 Å². The minimum absolute atomic E-state index is 0.119. The molecule has 0 amide bonds. The van der Waals surface area contributed by atoms with E-state index in [2.05, 4.69) is 51.0 Å². The molecule has 3 aliphatic rings. The van der Waals surface area contributed by atoms with Crippen LogP contribution in [-0.2, 0) is 6.54 Å². The predicted molar refractivity (Wildman–Crippen MR) is 114 cm³/mol. The lowest BCUT2D eigenvalue weighted by atomic mass is 9.94. The van der Waals surface area contributed by atoms with Gasteiger partial charge in [-0.05, 0) is 67.9 Å². The van der Waals surface area contributed by atoms with Gasteiger partial charge in [-0.2, -0.15) is 9.78 Å². The predicted octanol–water partition coefficient (Wildman–Crippen LogP) is 3.87. The molecule has 0 aliphatic carbocycles. The van der Waals surface area contributed by atoms with Crippen molar-refractivity contribution in [2.75, 3.05) is 13.1 Å². The number of para-hydroxylation sites is 1. The molecule has 5 heterocycles. The zero-order chi connectivity index (χ0) is 19.4. The normalized spacial score (nSPS) is 20.6. The van der Waals surface area contributed by atoms with E-state index >= 15 is 0 Å². The van der Waals surface area contributed by atoms with Gasteiger partial charge in [-0.3, -0.25) is 9.69 Å². The van der Waals surface area contributed by atoms with Crippen LogP contribution in [0.4, 0.5) is 0 Å². The van der Waals surface area contributed by atoms with Gasteiger partial charge in [0, 0.05) is 41.5 Å². The molecule has 2 aromatic carbocycles. The van der Waals surface area contributed by atoms with Crippen LogP contribution in [0, 0.1) is 0 Å². The highest BCUT2D eigenvalue weighted by Crippen LogP contribution is 2.42. The number of nitrogens with zero attached hydrogens (tertiary/aromatic N) is 4. The zero-order valence-corrected chi connectivity index (χ0v) is 16.2. The third-order valence-corrected chi connectivity index (χ3v) is 6.44. The van der Waals surface area contributed by atoms with Crippen LogP contribution in [0.5, 0.6) is 0 Å². The lowest BCUT2D eigenvalue weighted by Gasteiger charge is -2.27. The maximum atomic E-state index is 12.1. The second-order valence-corrected chi connectivity index (χ2v) is 8.06. The molecule has 5 heteroatoms. The molecule has 1 saturated heterocycles. The van der Waals surface area contributed by atoms with E-state index in [-0.39, 0.29) is 5.56 Å². The van der Waals surface area contributed by atoms with E-state index in [1.165, 1.54) is 58.8 Å². The molecular formula is C24H22N4O. The van der Waals surface area contributed by atoms with Crippen LogP contribution in [0.25, 0.3) is 22.3 Å². The van der Waals surface area contributed by atoms with Crippen LogP contribution < -0.4 is 5.56 Å². The summed E-state index contributed by atoms with van der Waals surface area (Å²) in [5, 5.41) is 5.56. The molecule has 5 nitrogen and oxygen atoms in total. The lowest BCUT2D eigenvalue weighted by molar-refractivity contribution is 0.220. The smallest absolute Gasteiger partial charge is 0.271 e. The number of rotatable bonds is 2. The summed E-state index contributed by atoms with van der Waals surface area (Å²) in [6, 6.07) is 20.2. The topological polar surface area (TPSA) is 43.1 Å². The molecule has 0 radical (unpaired) electrons. The minimum Gasteiger partial charge on any atom is -0.313 e. The molecule has 0 atom stereocenters. The highest BCUT2D eigenvalue weighted by atomic mass is 16.1. The molecule has 2 bridgehead atoms. The monoisotopic (exact) mass is 382 g/mol. The first-order chi connectivity index (χ1) is 14.3. The van der Waals surface area contributed by atoms with Crippen LogP contribution in [0.15, 0.2) is 71.7 Å². The average molecular weight is 382 g/mol. The fourth-order valence-corrected chi connectivity index (χ4v) is 5.08. The van der Waals surface area contributed by atoms with E-state index in [0.717, 1.165) is 17.9 Å². The molecule has 3 aliphatic heterocycles. The number of aromatic nitrogens is 3. The van der Waals surface area contributed by atoms with E-state index in [1.807, 2.05) is 12.1 Å². The Bertz CT molecular complexity index is 1260. The van der Waals surface area contributed by atoms with E-state index < -0.39 is 0 Å². The fraction of sp³-hybridized carbons (Fsp3) is 0.250. The molecule has 0 spiro atoms. The summed E-state index contributed by atoms with van der Waals surface area (Å²) in [5.41, 5.74) is 6.06. The Kier molecular flexibility index (Phi) is 3.71. The van der Waals surface area contributed by atoms with Crippen LogP contribution in [0.1, 0.15) is 30.0 Å². The molecule has 2 aromatic heterocycles. The third-order valence-electron chi connectivity index (χ3n) is 6.44. The number of hydrogen-bond donors (Lipinski definition) is 0. The fourth-order valence-electron chi connectivity index (χ4n) is 5.08. The lowest BCUT2D eigenvalue weighted by Crippen LogP contribution is -2.29. The Morgan fingerprint density at radius 1 is 0.862 bits per heavy atom. The second kappa shape index (κ2) is 6.42. The van der Waals surface area contributed by atoms with Crippen molar-refractivity contribution in [2.24, 2.45) is 0 Å². The summed E-state index contributed by atoms with van der Waals surface area (Å²) in [7, 11) is 0. The summed E-state index contributed by atoms with van der Waals surface area (Å²) < 4.78 is 3.89. The maximum Gasteiger partial charge on any atom is 0.271 e. The average Bonchev–Trinajstić information content (AvgIpc) is 2.88. The van der Waals surface area contributed by atoms with Gasteiger partial charge >= 0.3 is 0 Å². The second-order valence-electron chi connectivity index (χ2n) is 8.06. The first-order valence-electron chi connectivity index (χ1n) is 10.3. The Balaban J connectivity index is 1.55. The van der Waals surface area contributed by atoms with Gasteiger partial charge in [0.2, 0.25) is 0 Å². The summed E-state index contributed by atoms with van der Waals surface area (Å²) in [5.74, 6) is 0.606. The van der Waals surface area contributed by atoms with Gasteiger partial charge in [0.1, 0.15) is 0 Å². The van der Waals surface area contributed by atoms with Gasteiger partial charge in [0.15, 0.2) is 0 Å². The van der Waals surface area contributed by atoms with Crippen molar-refractivity contribution in [1.82, 2.24) is 19.2 Å². The molecule has 4 aromatic rings. The van der Waals surface area contributed by atoms with Crippen LogP contribution in [-0.4, -0.2) is 32.3 Å². The van der Waals surface area contributed by atoms with Crippen molar-refractivity contribution in [3.8, 4) is 11.4 Å². The van der Waals surface area contributed by atoms with Crippen LogP contribution in [0.2, 0.25) is 0 Å². The van der Waals surface area contributed by atoms with Gasteiger partial charge in [-0.1, -0.05) is 18.2 Å². The van der Waals surface area contributed by atoms with Gasteiger partial charge in [-0.25, -0.2) is 0 Å². The molecule has 0 unspecified atom stereocenters. The Hall–Kier alpha value is -3.18. The number of fused-ring (bicyclic) bond motifs is 3. The van der Waals surface area contributed by atoms with Crippen LogP contribution in [0.3, 0.4) is 0 Å². The molecule has 0 N–H and O–H groups in total. The summed E-state index contributed by atoms with van der Waals surface area (Å²) in [4.78, 5) is 14.7. The van der Waals surface area contributed by atoms with Crippen molar-refractivity contribution < 1.29 is 0 Å². The Labute approximate surface area is 168 Å². The maximum absolute atomic E-state index is 12.1. The van der Waals surface area contributed by atoms with E-state index in [9.17, 15) is 4.79 Å². The highest BCUT2D eigenvalue weighted by molar-refractivity contribution is 5.88. The summed E-state index contributed by atoms with van der Waals surface area (Å²) >= 11 is 0. The molecule has 0 saturated carbocycles. The highest BCUT2D eigenvalue weighted by Gasteiger charge is 2.32. The number of hydrogen-bond acceptors (Lipinski definition) is 3. The first kappa shape index (κ1) is 16.7. The molecule has 1 fully saturated rings. The Morgan fingerprint density at radius 3 is 2.41 bits per heavy atom. The minimum atomic E-state index is -0.119. The van der Waals surface area contributed by atoms with E-state index in [1.54, 1.807) is 12.3 Å². The SMILES string of the molecule is O=c1cccnn1-c1ccc(-n2c3c(c4ccccc42)CN2CCC3CC2)cc1.